The largest absolute Gasteiger partial charge is 0.348 e. The van der Waals surface area contributed by atoms with Crippen molar-refractivity contribution < 1.29 is 4.79 Å². The third-order valence-electron chi connectivity index (χ3n) is 4.75. The van der Waals surface area contributed by atoms with Gasteiger partial charge < -0.3 is 21.7 Å². The standard InChI is InChI=1S/C20H22N6O/c21-10-13-1-4-15(5-2-13)25-19-17-6-3-14(9-18(17)23-12-24-19)20(27)26-16-7-8-22-11-16/h1-6,9,12,16,22H,7-8,10-11,21H2,(H,26,27)(H,23,24,25). The van der Waals surface area contributed by atoms with Crippen LogP contribution in [0, 0.1) is 0 Å². The molecule has 2 heterocycles. The molecule has 1 aliphatic heterocycles. The maximum Gasteiger partial charge on any atom is 0.251 e. The van der Waals surface area contributed by atoms with Crippen LogP contribution in [-0.4, -0.2) is 35.0 Å². The molecule has 0 aliphatic carbocycles. The molecular formula is C20H22N6O. The lowest BCUT2D eigenvalue weighted by molar-refractivity contribution is 0.0940. The highest BCUT2D eigenvalue weighted by Crippen LogP contribution is 2.24. The number of rotatable bonds is 5. The molecule has 1 amide bonds. The van der Waals surface area contributed by atoms with E-state index in [4.69, 9.17) is 5.73 Å². The van der Waals surface area contributed by atoms with Crippen LogP contribution in [0.3, 0.4) is 0 Å². The van der Waals surface area contributed by atoms with Gasteiger partial charge in [0, 0.05) is 35.8 Å². The monoisotopic (exact) mass is 362 g/mol. The topological polar surface area (TPSA) is 105 Å². The van der Waals surface area contributed by atoms with E-state index in [0.29, 0.717) is 17.9 Å². The first-order chi connectivity index (χ1) is 13.2. The first-order valence-electron chi connectivity index (χ1n) is 9.05. The number of aromatic nitrogens is 2. The number of carbonyl (C=O) groups excluding carboxylic acids is 1. The van der Waals surface area contributed by atoms with Crippen LogP contribution in [0.2, 0.25) is 0 Å². The van der Waals surface area contributed by atoms with Crippen molar-refractivity contribution in [3.8, 4) is 0 Å². The fourth-order valence-electron chi connectivity index (χ4n) is 3.21. The highest BCUT2D eigenvalue weighted by molar-refractivity contribution is 6.00. The van der Waals surface area contributed by atoms with Gasteiger partial charge >= 0.3 is 0 Å². The molecule has 27 heavy (non-hydrogen) atoms. The molecule has 4 rings (SSSR count). The van der Waals surface area contributed by atoms with Gasteiger partial charge in [0.15, 0.2) is 0 Å². The summed E-state index contributed by atoms with van der Waals surface area (Å²) in [7, 11) is 0. The summed E-state index contributed by atoms with van der Waals surface area (Å²) >= 11 is 0. The van der Waals surface area contributed by atoms with E-state index >= 15 is 0 Å². The molecular weight excluding hydrogens is 340 g/mol. The number of carbonyl (C=O) groups is 1. The minimum atomic E-state index is -0.0731. The summed E-state index contributed by atoms with van der Waals surface area (Å²) in [4.78, 5) is 21.1. The number of nitrogens with one attached hydrogen (secondary N) is 3. The van der Waals surface area contributed by atoms with Crippen molar-refractivity contribution in [1.29, 1.82) is 0 Å². The van der Waals surface area contributed by atoms with E-state index in [2.05, 4.69) is 25.9 Å². The molecule has 0 bridgehead atoms. The Morgan fingerprint density at radius 1 is 1.19 bits per heavy atom. The molecule has 5 N–H and O–H groups in total. The van der Waals surface area contributed by atoms with Crippen LogP contribution in [0.15, 0.2) is 48.8 Å². The summed E-state index contributed by atoms with van der Waals surface area (Å²) < 4.78 is 0. The van der Waals surface area contributed by atoms with E-state index in [1.54, 1.807) is 6.07 Å². The van der Waals surface area contributed by atoms with E-state index in [0.717, 1.165) is 41.7 Å². The number of hydrogen-bond acceptors (Lipinski definition) is 6. The first kappa shape index (κ1) is 17.4. The summed E-state index contributed by atoms with van der Waals surface area (Å²) in [6, 6.07) is 13.6. The van der Waals surface area contributed by atoms with Gasteiger partial charge in [-0.3, -0.25) is 4.79 Å². The van der Waals surface area contributed by atoms with Crippen molar-refractivity contribution in [2.24, 2.45) is 5.73 Å². The van der Waals surface area contributed by atoms with Crippen molar-refractivity contribution in [2.75, 3.05) is 18.4 Å². The van der Waals surface area contributed by atoms with E-state index in [9.17, 15) is 4.79 Å². The number of nitrogens with two attached hydrogens (primary N) is 1. The third kappa shape index (κ3) is 3.89. The number of benzene rings is 2. The number of hydrogen-bond donors (Lipinski definition) is 4. The molecule has 0 radical (unpaired) electrons. The molecule has 7 nitrogen and oxygen atoms in total. The molecule has 138 valence electrons. The molecule has 1 saturated heterocycles. The predicted octanol–water partition coefficient (Wildman–Crippen LogP) is 1.92. The molecule has 7 heteroatoms. The molecule has 1 atom stereocenters. The number of nitrogens with zero attached hydrogens (tertiary/aromatic N) is 2. The Hall–Kier alpha value is -3.03. The summed E-state index contributed by atoms with van der Waals surface area (Å²) in [6.45, 7) is 2.27. The van der Waals surface area contributed by atoms with Crippen LogP contribution >= 0.6 is 0 Å². The normalized spacial score (nSPS) is 16.4. The fourth-order valence-corrected chi connectivity index (χ4v) is 3.21. The lowest BCUT2D eigenvalue weighted by Gasteiger charge is -2.12. The Labute approximate surface area is 157 Å². The maximum atomic E-state index is 12.5. The summed E-state index contributed by atoms with van der Waals surface area (Å²) in [5.74, 6) is 0.628. The van der Waals surface area contributed by atoms with Gasteiger partial charge in [0.2, 0.25) is 0 Å². The van der Waals surface area contributed by atoms with Gasteiger partial charge in [0.25, 0.3) is 5.91 Å². The lowest BCUT2D eigenvalue weighted by atomic mass is 10.1. The smallest absolute Gasteiger partial charge is 0.251 e. The van der Waals surface area contributed by atoms with Gasteiger partial charge in [-0.15, -0.1) is 0 Å². The van der Waals surface area contributed by atoms with Gasteiger partial charge in [-0.2, -0.15) is 0 Å². The Morgan fingerprint density at radius 2 is 2.04 bits per heavy atom. The second-order valence-electron chi connectivity index (χ2n) is 6.64. The average molecular weight is 362 g/mol. The highest BCUT2D eigenvalue weighted by atomic mass is 16.1. The average Bonchev–Trinajstić information content (AvgIpc) is 3.21. The van der Waals surface area contributed by atoms with Crippen molar-refractivity contribution in [3.63, 3.8) is 0 Å². The fraction of sp³-hybridized carbons (Fsp3) is 0.250. The quantitative estimate of drug-likeness (QED) is 0.553. The molecule has 1 fully saturated rings. The maximum absolute atomic E-state index is 12.5. The Morgan fingerprint density at radius 3 is 2.78 bits per heavy atom. The minimum absolute atomic E-state index is 0.0731. The van der Waals surface area contributed by atoms with Crippen LogP contribution in [0.1, 0.15) is 22.3 Å². The van der Waals surface area contributed by atoms with E-state index in [-0.39, 0.29) is 11.9 Å². The van der Waals surface area contributed by atoms with Crippen LogP contribution < -0.4 is 21.7 Å². The second kappa shape index (κ2) is 7.69. The molecule has 1 unspecified atom stereocenters. The number of amides is 1. The molecule has 0 saturated carbocycles. The van der Waals surface area contributed by atoms with Crippen LogP contribution in [0.4, 0.5) is 11.5 Å². The predicted molar refractivity (Wildman–Crippen MR) is 106 cm³/mol. The van der Waals surface area contributed by atoms with E-state index in [1.807, 2.05) is 36.4 Å². The highest BCUT2D eigenvalue weighted by Gasteiger charge is 2.18. The first-order valence-corrected chi connectivity index (χ1v) is 9.05. The van der Waals surface area contributed by atoms with Gasteiger partial charge in [0.1, 0.15) is 12.1 Å². The zero-order chi connectivity index (χ0) is 18.6. The lowest BCUT2D eigenvalue weighted by Crippen LogP contribution is -2.36. The van der Waals surface area contributed by atoms with Crippen LogP contribution in [0.25, 0.3) is 10.9 Å². The van der Waals surface area contributed by atoms with Gasteiger partial charge in [-0.25, -0.2) is 9.97 Å². The van der Waals surface area contributed by atoms with Gasteiger partial charge in [-0.1, -0.05) is 12.1 Å². The van der Waals surface area contributed by atoms with Crippen molar-refractivity contribution >= 4 is 28.3 Å². The number of anilines is 2. The molecule has 1 aromatic heterocycles. The molecule has 2 aromatic carbocycles. The Kier molecular flexibility index (Phi) is 4.95. The summed E-state index contributed by atoms with van der Waals surface area (Å²) in [6.07, 6.45) is 2.46. The summed E-state index contributed by atoms with van der Waals surface area (Å²) in [5.41, 5.74) is 8.96. The molecule has 0 spiro atoms. The van der Waals surface area contributed by atoms with Crippen molar-refractivity contribution in [2.45, 2.75) is 19.0 Å². The second-order valence-corrected chi connectivity index (χ2v) is 6.64. The summed E-state index contributed by atoms with van der Waals surface area (Å²) in [5, 5.41) is 10.5. The third-order valence-corrected chi connectivity index (χ3v) is 4.75. The van der Waals surface area contributed by atoms with Crippen LogP contribution in [0.5, 0.6) is 0 Å². The van der Waals surface area contributed by atoms with Crippen LogP contribution in [-0.2, 0) is 6.54 Å². The van der Waals surface area contributed by atoms with Crippen molar-refractivity contribution in [1.82, 2.24) is 20.6 Å². The van der Waals surface area contributed by atoms with E-state index < -0.39 is 0 Å². The van der Waals surface area contributed by atoms with E-state index in [1.165, 1.54) is 6.33 Å². The zero-order valence-corrected chi connectivity index (χ0v) is 14.9. The number of fused-ring (bicyclic) bond motifs is 1. The van der Waals surface area contributed by atoms with Crippen molar-refractivity contribution in [3.05, 3.63) is 59.9 Å². The minimum Gasteiger partial charge on any atom is -0.348 e. The molecule has 3 aromatic rings. The Balaban J connectivity index is 1.56. The van der Waals surface area contributed by atoms with Gasteiger partial charge in [0.05, 0.1) is 5.52 Å². The SMILES string of the molecule is NCc1ccc(Nc2ncnc3cc(C(=O)NC4CCNC4)ccc23)cc1. The zero-order valence-electron chi connectivity index (χ0n) is 14.9. The Bertz CT molecular complexity index is 950. The molecule has 1 aliphatic rings. The van der Waals surface area contributed by atoms with Gasteiger partial charge in [-0.05, 0) is 48.9 Å².